The van der Waals surface area contributed by atoms with Crippen LogP contribution in [0.25, 0.3) is 0 Å². The average molecular weight is 323 g/mol. The zero-order valence-electron chi connectivity index (χ0n) is 12.0. The fraction of sp³-hybridized carbons (Fsp3) is 0.176. The monoisotopic (exact) mass is 322 g/mol. The minimum absolute atomic E-state index is 0.104. The van der Waals surface area contributed by atoms with E-state index in [0.29, 0.717) is 11.1 Å². The molecule has 1 unspecified atom stereocenters. The molecule has 1 heterocycles. The first-order valence-corrected chi connectivity index (χ1v) is 7.39. The maximum atomic E-state index is 12.4. The molecule has 1 N–H and O–H groups in total. The number of rotatable bonds is 2. The molecule has 1 amide bonds. The number of halogens is 1. The number of hydrogen-bond acceptors (Lipinski definition) is 4. The molecule has 0 bridgehead atoms. The predicted octanol–water partition coefficient (Wildman–Crippen LogP) is 2.90. The van der Waals surface area contributed by atoms with Gasteiger partial charge in [0.25, 0.3) is 5.91 Å². The van der Waals surface area contributed by atoms with Crippen LogP contribution in [-0.2, 0) is 6.42 Å². The molecule has 1 aliphatic carbocycles. The van der Waals surface area contributed by atoms with Gasteiger partial charge >= 0.3 is 0 Å². The lowest BCUT2D eigenvalue weighted by molar-refractivity contribution is 0.0932. The lowest BCUT2D eigenvalue weighted by atomic mass is 10.1. The van der Waals surface area contributed by atoms with Gasteiger partial charge in [0.15, 0.2) is 0 Å². The van der Waals surface area contributed by atoms with Crippen molar-refractivity contribution in [3.05, 3.63) is 63.4 Å². The third kappa shape index (κ3) is 2.88. The quantitative estimate of drug-likeness (QED) is 0.920. The van der Waals surface area contributed by atoms with Crippen molar-refractivity contribution in [2.24, 2.45) is 0 Å². The summed E-state index contributed by atoms with van der Waals surface area (Å²) in [6.07, 6.45) is 2.90. The zero-order valence-corrected chi connectivity index (χ0v) is 12.8. The van der Waals surface area contributed by atoms with Crippen LogP contribution in [-0.4, -0.2) is 10.9 Å². The second-order valence-electron chi connectivity index (χ2n) is 5.26. The van der Waals surface area contributed by atoms with Crippen LogP contribution >= 0.6 is 11.6 Å². The lowest BCUT2D eigenvalue weighted by Gasteiger charge is -2.14. The van der Waals surface area contributed by atoms with Crippen LogP contribution in [0, 0.1) is 22.7 Å². The van der Waals surface area contributed by atoms with Crippen LogP contribution in [0.1, 0.15) is 45.2 Å². The molecule has 2 aromatic rings. The summed E-state index contributed by atoms with van der Waals surface area (Å²) in [4.78, 5) is 16.3. The van der Waals surface area contributed by atoms with Gasteiger partial charge in [-0.3, -0.25) is 4.79 Å². The van der Waals surface area contributed by atoms with Crippen LogP contribution in [0.3, 0.4) is 0 Å². The van der Waals surface area contributed by atoms with Crippen molar-refractivity contribution >= 4 is 17.5 Å². The number of amides is 1. The number of aromatic nitrogens is 1. The summed E-state index contributed by atoms with van der Waals surface area (Å²) < 4.78 is 0. The highest BCUT2D eigenvalue weighted by Crippen LogP contribution is 2.32. The Balaban J connectivity index is 1.81. The van der Waals surface area contributed by atoms with Gasteiger partial charge in [0.05, 0.1) is 28.3 Å². The Morgan fingerprint density at radius 3 is 2.74 bits per heavy atom. The summed E-state index contributed by atoms with van der Waals surface area (Å²) in [5.41, 5.74) is 3.12. The van der Waals surface area contributed by atoms with Crippen molar-refractivity contribution in [1.82, 2.24) is 10.3 Å². The first kappa shape index (κ1) is 15.0. The van der Waals surface area contributed by atoms with E-state index >= 15 is 0 Å². The number of nitriles is 2. The number of carbonyl (C=O) groups excluding carboxylic acids is 1. The molecule has 1 atom stereocenters. The SMILES string of the molecule is N#Cc1cnc(C(=O)NC2CCc3cc(C#N)ccc32)c(Cl)c1. The molecule has 0 aliphatic heterocycles. The number of pyridine rings is 1. The number of aryl methyl sites for hydroxylation is 1. The van der Waals surface area contributed by atoms with Gasteiger partial charge in [-0.05, 0) is 42.2 Å². The highest BCUT2D eigenvalue weighted by atomic mass is 35.5. The standard InChI is InChI=1S/C17H11ClN4O/c18-14-6-11(8-20)9-21-16(14)17(23)22-15-4-2-12-5-10(7-19)1-3-13(12)15/h1,3,5-6,9,15H,2,4H2,(H,22,23). The summed E-state index contributed by atoms with van der Waals surface area (Å²) in [5.74, 6) is -0.373. The van der Waals surface area contributed by atoms with E-state index in [9.17, 15) is 4.79 Å². The second kappa shape index (κ2) is 6.08. The number of nitrogens with one attached hydrogen (secondary N) is 1. The molecule has 5 nitrogen and oxygen atoms in total. The molecule has 23 heavy (non-hydrogen) atoms. The Labute approximate surface area is 138 Å². The fourth-order valence-electron chi connectivity index (χ4n) is 2.73. The molecule has 0 spiro atoms. The zero-order chi connectivity index (χ0) is 16.4. The summed E-state index contributed by atoms with van der Waals surface area (Å²) in [5, 5.41) is 20.8. The average Bonchev–Trinajstić information content (AvgIpc) is 2.96. The lowest BCUT2D eigenvalue weighted by Crippen LogP contribution is -2.28. The van der Waals surface area contributed by atoms with E-state index in [-0.39, 0.29) is 22.7 Å². The van der Waals surface area contributed by atoms with Gasteiger partial charge < -0.3 is 5.32 Å². The molecule has 3 rings (SSSR count). The smallest absolute Gasteiger partial charge is 0.271 e. The van der Waals surface area contributed by atoms with E-state index in [4.69, 9.17) is 22.1 Å². The number of nitrogens with zero attached hydrogens (tertiary/aromatic N) is 3. The number of fused-ring (bicyclic) bond motifs is 1. The Bertz CT molecular complexity index is 879. The fourth-order valence-corrected chi connectivity index (χ4v) is 2.98. The summed E-state index contributed by atoms with van der Waals surface area (Å²) in [6.45, 7) is 0. The van der Waals surface area contributed by atoms with Crippen molar-refractivity contribution in [2.45, 2.75) is 18.9 Å². The van der Waals surface area contributed by atoms with Crippen molar-refractivity contribution in [3.8, 4) is 12.1 Å². The molecular weight excluding hydrogens is 312 g/mol. The number of carbonyl (C=O) groups is 1. The van der Waals surface area contributed by atoms with Crippen LogP contribution in [0.2, 0.25) is 5.02 Å². The Kier molecular flexibility index (Phi) is 3.97. The van der Waals surface area contributed by atoms with Gasteiger partial charge in [-0.2, -0.15) is 10.5 Å². The van der Waals surface area contributed by atoms with Crippen LogP contribution in [0.5, 0.6) is 0 Å². The van der Waals surface area contributed by atoms with E-state index in [1.807, 2.05) is 18.2 Å². The van der Waals surface area contributed by atoms with Gasteiger partial charge in [0.1, 0.15) is 11.8 Å². The molecule has 6 heteroatoms. The maximum absolute atomic E-state index is 12.4. The highest BCUT2D eigenvalue weighted by molar-refractivity contribution is 6.33. The van der Waals surface area contributed by atoms with Gasteiger partial charge in [0, 0.05) is 6.20 Å². The molecule has 0 saturated carbocycles. The van der Waals surface area contributed by atoms with E-state index in [0.717, 1.165) is 24.0 Å². The molecule has 1 aliphatic rings. The Hall–Kier alpha value is -2.89. The Morgan fingerprint density at radius 2 is 2.04 bits per heavy atom. The van der Waals surface area contributed by atoms with Gasteiger partial charge in [-0.25, -0.2) is 4.98 Å². The van der Waals surface area contributed by atoms with Crippen molar-refractivity contribution < 1.29 is 4.79 Å². The minimum Gasteiger partial charge on any atom is -0.344 e. The molecule has 112 valence electrons. The minimum atomic E-state index is -0.373. The molecule has 0 radical (unpaired) electrons. The summed E-state index contributed by atoms with van der Waals surface area (Å²) in [6, 6.07) is 10.8. The van der Waals surface area contributed by atoms with Crippen LogP contribution in [0.4, 0.5) is 0 Å². The largest absolute Gasteiger partial charge is 0.344 e. The van der Waals surface area contributed by atoms with Crippen molar-refractivity contribution in [1.29, 1.82) is 10.5 Å². The number of hydrogen-bond donors (Lipinski definition) is 1. The van der Waals surface area contributed by atoms with Crippen molar-refractivity contribution in [2.75, 3.05) is 0 Å². The third-order valence-electron chi connectivity index (χ3n) is 3.84. The molecule has 1 aromatic carbocycles. The van der Waals surface area contributed by atoms with Gasteiger partial charge in [0.2, 0.25) is 0 Å². The first-order chi connectivity index (χ1) is 11.1. The third-order valence-corrected chi connectivity index (χ3v) is 4.13. The summed E-state index contributed by atoms with van der Waals surface area (Å²) >= 11 is 6.02. The predicted molar refractivity (Wildman–Crippen MR) is 83.6 cm³/mol. The van der Waals surface area contributed by atoms with Gasteiger partial charge in [-0.1, -0.05) is 17.7 Å². The topological polar surface area (TPSA) is 89.6 Å². The molecule has 0 saturated heterocycles. The van der Waals surface area contributed by atoms with Gasteiger partial charge in [-0.15, -0.1) is 0 Å². The normalized spacial score (nSPS) is 15.3. The maximum Gasteiger partial charge on any atom is 0.271 e. The number of benzene rings is 1. The molecule has 0 fully saturated rings. The molecule has 1 aromatic heterocycles. The van der Waals surface area contributed by atoms with E-state index in [1.54, 1.807) is 6.07 Å². The van der Waals surface area contributed by atoms with Crippen LogP contribution < -0.4 is 5.32 Å². The van der Waals surface area contributed by atoms with Crippen molar-refractivity contribution in [3.63, 3.8) is 0 Å². The Morgan fingerprint density at radius 1 is 1.26 bits per heavy atom. The van der Waals surface area contributed by atoms with E-state index in [1.165, 1.54) is 12.3 Å². The van der Waals surface area contributed by atoms with E-state index < -0.39 is 0 Å². The molecular formula is C17H11ClN4O. The van der Waals surface area contributed by atoms with Crippen LogP contribution in [0.15, 0.2) is 30.5 Å². The highest BCUT2D eigenvalue weighted by Gasteiger charge is 2.25. The first-order valence-electron chi connectivity index (χ1n) is 7.02. The van der Waals surface area contributed by atoms with E-state index in [2.05, 4.69) is 16.4 Å². The second-order valence-corrected chi connectivity index (χ2v) is 5.66. The summed E-state index contributed by atoms with van der Waals surface area (Å²) in [7, 11) is 0.